The van der Waals surface area contributed by atoms with Crippen molar-refractivity contribution >= 4 is 25.1 Å². The first-order chi connectivity index (χ1) is 11.5. The van der Waals surface area contributed by atoms with E-state index in [1.54, 1.807) is 17.0 Å². The zero-order chi connectivity index (χ0) is 18.6. The molecule has 0 bridgehead atoms. The Morgan fingerprint density at radius 3 is 2.60 bits per heavy atom. The van der Waals surface area contributed by atoms with Crippen molar-refractivity contribution < 1.29 is 14.9 Å². The summed E-state index contributed by atoms with van der Waals surface area (Å²) in [6.07, 6.45) is 3.80. The van der Waals surface area contributed by atoms with Crippen molar-refractivity contribution in [1.82, 2.24) is 19.5 Å². The molecule has 0 spiro atoms. The van der Waals surface area contributed by atoms with Crippen molar-refractivity contribution in [2.75, 3.05) is 12.3 Å². The minimum absolute atomic E-state index is 0.116. The second kappa shape index (κ2) is 5.51. The van der Waals surface area contributed by atoms with Crippen molar-refractivity contribution in [3.63, 3.8) is 0 Å². The Kier molecular flexibility index (Phi) is 3.93. The van der Waals surface area contributed by atoms with Crippen molar-refractivity contribution in [2.24, 2.45) is 0 Å². The van der Waals surface area contributed by atoms with Crippen LogP contribution in [0.15, 0.2) is 24.5 Å². The molecule has 8 nitrogen and oxygen atoms in total. The van der Waals surface area contributed by atoms with E-state index in [0.29, 0.717) is 16.9 Å². The number of aliphatic hydroxyl groups is 2. The maximum absolute atomic E-state index is 11.7. The Balaban J connectivity index is 2.19. The Labute approximate surface area is 147 Å². The monoisotopic (exact) mass is 363 g/mol. The van der Waals surface area contributed by atoms with Crippen LogP contribution < -0.4 is 5.73 Å². The Morgan fingerprint density at radius 2 is 2.00 bits per heavy atom. The lowest BCUT2D eigenvalue weighted by molar-refractivity contribution is -0.0344. The number of hydrogen-bond acceptors (Lipinski definition) is 7. The highest BCUT2D eigenvalue weighted by Crippen LogP contribution is 2.51. The van der Waals surface area contributed by atoms with Gasteiger partial charge in [0.05, 0.1) is 0 Å². The first-order valence-corrected chi connectivity index (χ1v) is 11.2. The largest absolute Gasteiger partial charge is 0.469 e. The van der Waals surface area contributed by atoms with Crippen molar-refractivity contribution in [3.8, 4) is 0 Å². The van der Waals surface area contributed by atoms with E-state index in [-0.39, 0.29) is 17.5 Å². The van der Waals surface area contributed by atoms with E-state index >= 15 is 0 Å². The maximum Gasteiger partial charge on any atom is 0.207 e. The molecule has 1 aliphatic heterocycles. The molecule has 2 atom stereocenters. The minimum atomic E-state index is -2.35. The van der Waals surface area contributed by atoms with Gasteiger partial charge in [-0.25, -0.2) is 15.0 Å². The Bertz CT molecular complexity index is 842. The first-order valence-electron chi connectivity index (χ1n) is 8.17. The average Bonchev–Trinajstić information content (AvgIpc) is 3.08. The normalized spacial score (nSPS) is 24.4. The average molecular weight is 363 g/mol. The molecule has 1 aliphatic rings. The van der Waals surface area contributed by atoms with Crippen LogP contribution in [0.2, 0.25) is 18.1 Å². The van der Waals surface area contributed by atoms with Crippen LogP contribution in [0.3, 0.4) is 0 Å². The van der Waals surface area contributed by atoms with Gasteiger partial charge >= 0.3 is 0 Å². The molecule has 0 unspecified atom stereocenters. The fourth-order valence-corrected chi connectivity index (χ4v) is 5.61. The van der Waals surface area contributed by atoms with Gasteiger partial charge in [0, 0.05) is 0 Å². The third-order valence-electron chi connectivity index (χ3n) is 5.69. The maximum atomic E-state index is 11.7. The molecule has 25 heavy (non-hydrogen) atoms. The quantitative estimate of drug-likeness (QED) is 0.708. The number of aliphatic hydroxyl groups excluding tert-OH is 1. The van der Waals surface area contributed by atoms with Crippen LogP contribution in [0.1, 0.15) is 27.0 Å². The molecule has 2 aromatic rings. The summed E-state index contributed by atoms with van der Waals surface area (Å²) in [6.45, 7) is 10.3. The molecule has 9 heteroatoms. The molecule has 2 aromatic heterocycles. The van der Waals surface area contributed by atoms with E-state index in [9.17, 15) is 10.2 Å². The van der Waals surface area contributed by atoms with Gasteiger partial charge in [-0.15, -0.1) is 0 Å². The SMILES string of the molecule is CC(C)(C)[Si](C)(C)[C@@]1(O)C=C(CO)O[C@H]1n1cnc2c(N)ncnc21. The molecule has 0 radical (unpaired) electrons. The fourth-order valence-electron chi connectivity index (χ4n) is 3.07. The molecule has 3 rings (SSSR count). The molecule has 3 heterocycles. The summed E-state index contributed by atoms with van der Waals surface area (Å²) in [6, 6.07) is 0. The number of nitrogens with zero attached hydrogens (tertiary/aromatic N) is 4. The smallest absolute Gasteiger partial charge is 0.207 e. The zero-order valence-electron chi connectivity index (χ0n) is 15.2. The summed E-state index contributed by atoms with van der Waals surface area (Å²) in [4.78, 5) is 12.5. The van der Waals surface area contributed by atoms with Crippen LogP contribution in [0.5, 0.6) is 0 Å². The highest BCUT2D eigenvalue weighted by Gasteiger charge is 2.60. The van der Waals surface area contributed by atoms with Gasteiger partial charge in [-0.1, -0.05) is 33.9 Å². The minimum Gasteiger partial charge on any atom is -0.469 e. The summed E-state index contributed by atoms with van der Waals surface area (Å²) in [5, 5.41) is 20.0. The van der Waals surface area contributed by atoms with Gasteiger partial charge in [0.25, 0.3) is 0 Å². The molecule has 4 N–H and O–H groups in total. The standard InChI is InChI=1S/C16H25N5O3Si/c1-15(2,3)25(4,5)16(23)6-10(7-22)24-14(16)21-9-20-11-12(17)18-8-19-13(11)21/h6,8-9,14,22-23H,7H2,1-5H3,(H2,17,18,19)/t14-,16+/m1/s1. The number of imidazole rings is 1. The molecular formula is C16H25N5O3Si. The fraction of sp³-hybridized carbons (Fsp3) is 0.562. The third-order valence-corrected chi connectivity index (χ3v) is 11.8. The van der Waals surface area contributed by atoms with Crippen molar-refractivity contribution in [1.29, 1.82) is 0 Å². The van der Waals surface area contributed by atoms with Crippen molar-refractivity contribution in [2.45, 2.75) is 50.4 Å². The second-order valence-corrected chi connectivity index (χ2v) is 13.6. The number of nitrogen functional groups attached to an aromatic ring is 1. The molecular weight excluding hydrogens is 338 g/mol. The van der Waals surface area contributed by atoms with E-state index < -0.39 is 19.5 Å². The summed E-state index contributed by atoms with van der Waals surface area (Å²) in [7, 11) is -2.35. The Morgan fingerprint density at radius 1 is 1.32 bits per heavy atom. The van der Waals surface area contributed by atoms with Crippen LogP contribution in [-0.2, 0) is 4.74 Å². The van der Waals surface area contributed by atoms with Gasteiger partial charge < -0.3 is 20.7 Å². The topological polar surface area (TPSA) is 119 Å². The zero-order valence-corrected chi connectivity index (χ0v) is 16.2. The number of fused-ring (bicyclic) bond motifs is 1. The van der Waals surface area contributed by atoms with Gasteiger partial charge in [0.2, 0.25) is 6.23 Å². The van der Waals surface area contributed by atoms with E-state index in [2.05, 4.69) is 48.8 Å². The molecule has 0 amide bonds. The third kappa shape index (κ3) is 2.45. The van der Waals surface area contributed by atoms with Crippen LogP contribution >= 0.6 is 0 Å². The van der Waals surface area contributed by atoms with Gasteiger partial charge in [-0.2, -0.15) is 0 Å². The van der Waals surface area contributed by atoms with Crippen LogP contribution in [0.4, 0.5) is 5.82 Å². The summed E-state index contributed by atoms with van der Waals surface area (Å²) >= 11 is 0. The lowest BCUT2D eigenvalue weighted by Crippen LogP contribution is -2.61. The van der Waals surface area contributed by atoms with Gasteiger partial charge in [-0.05, 0) is 11.1 Å². The predicted octanol–water partition coefficient (Wildman–Crippen LogP) is 1.59. The summed E-state index contributed by atoms with van der Waals surface area (Å²) < 4.78 is 7.59. The van der Waals surface area contributed by atoms with E-state index in [1.807, 2.05) is 0 Å². The van der Waals surface area contributed by atoms with Gasteiger partial charge in [0.1, 0.15) is 43.8 Å². The molecule has 0 saturated heterocycles. The Hall–Kier alpha value is -1.97. The molecule has 0 fully saturated rings. The highest BCUT2D eigenvalue weighted by molar-refractivity contribution is 6.83. The molecule has 0 aromatic carbocycles. The number of ether oxygens (including phenoxy) is 1. The lowest BCUT2D eigenvalue weighted by atomic mass is 10.2. The number of rotatable bonds is 3. The number of anilines is 1. The van der Waals surface area contributed by atoms with Gasteiger partial charge in [0.15, 0.2) is 11.5 Å². The second-order valence-electron chi connectivity index (χ2n) is 8.02. The van der Waals surface area contributed by atoms with E-state index in [0.717, 1.165) is 0 Å². The first kappa shape index (κ1) is 17.8. The van der Waals surface area contributed by atoms with Crippen LogP contribution in [-0.4, -0.2) is 49.6 Å². The van der Waals surface area contributed by atoms with Crippen LogP contribution in [0.25, 0.3) is 11.2 Å². The van der Waals surface area contributed by atoms with Crippen LogP contribution in [0, 0.1) is 0 Å². The van der Waals surface area contributed by atoms with Gasteiger partial charge in [-0.3, -0.25) is 4.57 Å². The van der Waals surface area contributed by atoms with Crippen molar-refractivity contribution in [3.05, 3.63) is 24.5 Å². The predicted molar refractivity (Wildman–Crippen MR) is 97.2 cm³/mol. The molecule has 136 valence electrons. The highest BCUT2D eigenvalue weighted by atomic mass is 28.3. The van der Waals surface area contributed by atoms with E-state index in [4.69, 9.17) is 10.5 Å². The number of aromatic nitrogens is 4. The lowest BCUT2D eigenvalue weighted by Gasteiger charge is -2.48. The summed E-state index contributed by atoms with van der Waals surface area (Å²) in [5.41, 5.74) is 6.82. The molecule has 0 saturated carbocycles. The number of hydrogen-bond donors (Lipinski definition) is 3. The molecule has 0 aliphatic carbocycles. The number of nitrogens with two attached hydrogens (primary N) is 1. The summed E-state index contributed by atoms with van der Waals surface area (Å²) in [5.74, 6) is 0.620. The van der Waals surface area contributed by atoms with E-state index in [1.165, 1.54) is 6.33 Å².